The van der Waals surface area contributed by atoms with E-state index in [-0.39, 0.29) is 5.57 Å². The average Bonchev–Trinajstić information content (AvgIpc) is 3.17. The summed E-state index contributed by atoms with van der Waals surface area (Å²) in [6.45, 7) is 3.71. The molecule has 4 amide bonds. The van der Waals surface area contributed by atoms with Crippen LogP contribution in [0.15, 0.2) is 64.6 Å². The minimum Gasteiger partial charge on any atom is -0.457 e. The molecule has 1 aromatic heterocycles. The molecule has 1 saturated heterocycles. The largest absolute Gasteiger partial charge is 0.457 e. The highest BCUT2D eigenvalue weighted by Gasteiger charge is 2.37. The number of nitrogens with zero attached hydrogens (tertiary/aromatic N) is 1. The van der Waals surface area contributed by atoms with Crippen LogP contribution in [0.25, 0.3) is 17.4 Å². The van der Waals surface area contributed by atoms with Crippen molar-refractivity contribution in [1.29, 1.82) is 0 Å². The maximum atomic E-state index is 13.0. The van der Waals surface area contributed by atoms with Crippen molar-refractivity contribution in [1.82, 2.24) is 5.32 Å². The SMILES string of the molecule is Cc1ccc(Cl)cc1-c1ccc(/C=C2\C(=O)NC(=O)N(c3ccccc3C)C2=O)o1. The van der Waals surface area contributed by atoms with Gasteiger partial charge < -0.3 is 4.42 Å². The second-order valence-corrected chi connectivity index (χ2v) is 7.34. The maximum absolute atomic E-state index is 13.0. The summed E-state index contributed by atoms with van der Waals surface area (Å²) in [6, 6.07) is 15.0. The van der Waals surface area contributed by atoms with E-state index in [0.29, 0.717) is 22.2 Å². The third-order valence-corrected chi connectivity index (χ3v) is 5.07. The molecule has 1 aliphatic rings. The third kappa shape index (κ3) is 3.53. The molecule has 0 saturated carbocycles. The number of urea groups is 1. The van der Waals surface area contributed by atoms with E-state index >= 15 is 0 Å². The summed E-state index contributed by atoms with van der Waals surface area (Å²) in [7, 11) is 0. The van der Waals surface area contributed by atoms with Crippen LogP contribution in [0.5, 0.6) is 0 Å². The van der Waals surface area contributed by atoms with Gasteiger partial charge in [0, 0.05) is 10.6 Å². The number of para-hydroxylation sites is 1. The van der Waals surface area contributed by atoms with Crippen LogP contribution in [0, 0.1) is 13.8 Å². The van der Waals surface area contributed by atoms with Crippen molar-refractivity contribution >= 4 is 41.2 Å². The van der Waals surface area contributed by atoms with Crippen molar-refractivity contribution in [3.05, 3.63) is 82.1 Å². The lowest BCUT2D eigenvalue weighted by molar-refractivity contribution is -0.122. The van der Waals surface area contributed by atoms with Crippen molar-refractivity contribution in [3.8, 4) is 11.3 Å². The Morgan fingerprint density at radius 1 is 0.967 bits per heavy atom. The molecular weight excluding hydrogens is 404 g/mol. The van der Waals surface area contributed by atoms with Gasteiger partial charge in [0.2, 0.25) is 0 Å². The Morgan fingerprint density at radius 3 is 2.50 bits per heavy atom. The molecule has 0 spiro atoms. The van der Waals surface area contributed by atoms with Gasteiger partial charge in [-0.1, -0.05) is 35.9 Å². The lowest BCUT2D eigenvalue weighted by atomic mass is 10.1. The molecule has 1 aliphatic heterocycles. The molecule has 2 aromatic carbocycles. The average molecular weight is 421 g/mol. The summed E-state index contributed by atoms with van der Waals surface area (Å²) in [4.78, 5) is 38.6. The van der Waals surface area contributed by atoms with Gasteiger partial charge in [0.1, 0.15) is 17.1 Å². The lowest BCUT2D eigenvalue weighted by Crippen LogP contribution is -2.54. The number of carbonyl (C=O) groups is 3. The molecule has 30 heavy (non-hydrogen) atoms. The Morgan fingerprint density at radius 2 is 1.73 bits per heavy atom. The second kappa shape index (κ2) is 7.65. The zero-order chi connectivity index (χ0) is 21.4. The first-order valence-electron chi connectivity index (χ1n) is 9.18. The Bertz CT molecular complexity index is 1230. The van der Waals surface area contributed by atoms with Crippen LogP contribution in [0.2, 0.25) is 5.02 Å². The number of halogens is 1. The molecule has 6 nitrogen and oxygen atoms in total. The number of barbiturate groups is 1. The number of rotatable bonds is 3. The molecule has 0 radical (unpaired) electrons. The van der Waals surface area contributed by atoms with Crippen LogP contribution in [0.4, 0.5) is 10.5 Å². The highest BCUT2D eigenvalue weighted by Crippen LogP contribution is 2.30. The monoisotopic (exact) mass is 420 g/mol. The van der Waals surface area contributed by atoms with Gasteiger partial charge >= 0.3 is 6.03 Å². The number of aryl methyl sites for hydroxylation is 2. The van der Waals surface area contributed by atoms with E-state index in [0.717, 1.165) is 21.6 Å². The fourth-order valence-corrected chi connectivity index (χ4v) is 3.44. The number of benzene rings is 2. The number of carbonyl (C=O) groups excluding carboxylic acids is 3. The van der Waals surface area contributed by atoms with Gasteiger partial charge in [0.05, 0.1) is 5.69 Å². The van der Waals surface area contributed by atoms with Crippen molar-refractivity contribution in [2.45, 2.75) is 13.8 Å². The van der Waals surface area contributed by atoms with E-state index in [1.807, 2.05) is 13.0 Å². The van der Waals surface area contributed by atoms with Gasteiger partial charge in [-0.25, -0.2) is 9.69 Å². The number of imide groups is 2. The molecule has 7 heteroatoms. The van der Waals surface area contributed by atoms with Crippen LogP contribution in [-0.2, 0) is 9.59 Å². The summed E-state index contributed by atoms with van der Waals surface area (Å²) in [5.41, 5.74) is 2.72. The molecule has 0 aliphatic carbocycles. The molecule has 1 N–H and O–H groups in total. The number of amides is 4. The summed E-state index contributed by atoms with van der Waals surface area (Å²) in [5, 5.41) is 2.78. The Hall–Kier alpha value is -3.64. The van der Waals surface area contributed by atoms with E-state index in [2.05, 4.69) is 5.32 Å². The van der Waals surface area contributed by atoms with Crippen molar-refractivity contribution in [3.63, 3.8) is 0 Å². The normalized spacial score (nSPS) is 15.6. The van der Waals surface area contributed by atoms with E-state index in [9.17, 15) is 14.4 Å². The molecule has 0 unspecified atom stereocenters. The van der Waals surface area contributed by atoms with Gasteiger partial charge in [-0.3, -0.25) is 14.9 Å². The van der Waals surface area contributed by atoms with Crippen molar-refractivity contribution < 1.29 is 18.8 Å². The predicted molar refractivity (Wildman–Crippen MR) is 114 cm³/mol. The van der Waals surface area contributed by atoms with Crippen LogP contribution < -0.4 is 10.2 Å². The van der Waals surface area contributed by atoms with Gasteiger partial charge in [0.15, 0.2) is 0 Å². The second-order valence-electron chi connectivity index (χ2n) is 6.91. The standard InChI is InChI=1S/C23H17ClN2O4/c1-13-7-8-15(24)11-17(13)20-10-9-16(30-20)12-18-21(27)25-23(29)26(22(18)28)19-6-4-3-5-14(19)2/h3-12H,1-2H3,(H,25,27,29)/b18-12+. The molecule has 0 bridgehead atoms. The van der Waals surface area contributed by atoms with E-state index in [4.69, 9.17) is 16.0 Å². The van der Waals surface area contributed by atoms with Gasteiger partial charge in [0.25, 0.3) is 11.8 Å². The first-order valence-corrected chi connectivity index (χ1v) is 9.56. The van der Waals surface area contributed by atoms with E-state index in [1.54, 1.807) is 55.5 Å². The maximum Gasteiger partial charge on any atom is 0.335 e. The van der Waals surface area contributed by atoms with Crippen LogP contribution in [0.1, 0.15) is 16.9 Å². The first-order chi connectivity index (χ1) is 14.3. The summed E-state index contributed by atoms with van der Waals surface area (Å²) in [5.74, 6) is -0.624. The molecule has 0 atom stereocenters. The molecule has 150 valence electrons. The quantitative estimate of drug-likeness (QED) is 0.483. The lowest BCUT2D eigenvalue weighted by Gasteiger charge is -2.27. The van der Waals surface area contributed by atoms with Crippen LogP contribution >= 0.6 is 11.6 Å². The van der Waals surface area contributed by atoms with E-state index < -0.39 is 17.8 Å². The fourth-order valence-electron chi connectivity index (χ4n) is 3.27. The zero-order valence-electron chi connectivity index (χ0n) is 16.2. The zero-order valence-corrected chi connectivity index (χ0v) is 17.0. The number of furan rings is 1. The van der Waals surface area contributed by atoms with Gasteiger partial charge in [-0.2, -0.15) is 0 Å². The summed E-state index contributed by atoms with van der Waals surface area (Å²) < 4.78 is 5.83. The Kier molecular flexibility index (Phi) is 5.01. The van der Waals surface area contributed by atoms with Gasteiger partial charge in [-0.05, 0) is 61.4 Å². The Balaban J connectivity index is 1.71. The number of hydrogen-bond acceptors (Lipinski definition) is 4. The smallest absolute Gasteiger partial charge is 0.335 e. The topological polar surface area (TPSA) is 79.6 Å². The summed E-state index contributed by atoms with van der Waals surface area (Å²) in [6.07, 6.45) is 1.33. The number of anilines is 1. The minimum atomic E-state index is -0.786. The first kappa shape index (κ1) is 19.7. The number of nitrogens with one attached hydrogen (secondary N) is 1. The molecule has 2 heterocycles. The number of hydrogen-bond donors (Lipinski definition) is 1. The highest BCUT2D eigenvalue weighted by molar-refractivity contribution is 6.39. The Labute approximate surface area is 177 Å². The predicted octanol–water partition coefficient (Wildman–Crippen LogP) is 4.88. The molecule has 4 rings (SSSR count). The molecular formula is C23H17ClN2O4. The van der Waals surface area contributed by atoms with E-state index in [1.165, 1.54) is 6.08 Å². The van der Waals surface area contributed by atoms with Crippen LogP contribution in [0.3, 0.4) is 0 Å². The molecule has 1 fully saturated rings. The van der Waals surface area contributed by atoms with Gasteiger partial charge in [-0.15, -0.1) is 0 Å². The minimum absolute atomic E-state index is 0.193. The fraction of sp³-hybridized carbons (Fsp3) is 0.0870. The third-order valence-electron chi connectivity index (χ3n) is 4.84. The van der Waals surface area contributed by atoms with Crippen LogP contribution in [-0.4, -0.2) is 17.8 Å². The summed E-state index contributed by atoms with van der Waals surface area (Å²) >= 11 is 6.08. The highest BCUT2D eigenvalue weighted by atomic mass is 35.5. The van der Waals surface area contributed by atoms with Crippen molar-refractivity contribution in [2.75, 3.05) is 4.90 Å². The molecule has 3 aromatic rings. The van der Waals surface area contributed by atoms with Crippen molar-refractivity contribution in [2.24, 2.45) is 0 Å².